The van der Waals surface area contributed by atoms with Gasteiger partial charge in [0, 0.05) is 24.3 Å². The quantitative estimate of drug-likeness (QED) is 0.665. The molecule has 0 unspecified atom stereocenters. The topological polar surface area (TPSA) is 105 Å². The number of aryl methyl sites for hydroxylation is 1. The van der Waals surface area contributed by atoms with Gasteiger partial charge in [0.1, 0.15) is 0 Å². The molecule has 1 fully saturated rings. The maximum Gasteiger partial charge on any atom is 0.338 e. The van der Waals surface area contributed by atoms with Crippen molar-refractivity contribution in [2.45, 2.75) is 26.7 Å². The number of amides is 3. The number of nitrogens with zero attached hydrogens (tertiary/aromatic N) is 1. The van der Waals surface area contributed by atoms with Crippen LogP contribution >= 0.6 is 0 Å². The van der Waals surface area contributed by atoms with Gasteiger partial charge in [-0.1, -0.05) is 12.1 Å². The molecule has 1 aliphatic heterocycles. The van der Waals surface area contributed by atoms with Crippen molar-refractivity contribution in [2.24, 2.45) is 0 Å². The van der Waals surface area contributed by atoms with Crippen molar-refractivity contribution in [1.82, 2.24) is 5.32 Å². The molecule has 2 aromatic rings. The molecular formula is C23H25N3O5. The van der Waals surface area contributed by atoms with Crippen LogP contribution in [0.15, 0.2) is 42.5 Å². The first kappa shape index (κ1) is 22.0. The third-order valence-corrected chi connectivity index (χ3v) is 5.15. The number of hydrogen-bond acceptors (Lipinski definition) is 5. The highest BCUT2D eigenvalue weighted by atomic mass is 16.5. The van der Waals surface area contributed by atoms with Crippen LogP contribution < -0.4 is 15.5 Å². The summed E-state index contributed by atoms with van der Waals surface area (Å²) in [5.41, 5.74) is 3.69. The summed E-state index contributed by atoms with van der Waals surface area (Å²) in [5.74, 6) is -1.55. The van der Waals surface area contributed by atoms with Gasteiger partial charge in [0.05, 0.1) is 12.1 Å². The number of benzene rings is 2. The van der Waals surface area contributed by atoms with E-state index in [1.807, 2.05) is 26.0 Å². The van der Waals surface area contributed by atoms with Crippen LogP contribution in [0.5, 0.6) is 0 Å². The van der Waals surface area contributed by atoms with Gasteiger partial charge < -0.3 is 20.3 Å². The average molecular weight is 423 g/mol. The number of carbonyl (C=O) groups excluding carboxylic acids is 4. The molecule has 8 heteroatoms. The number of carbonyl (C=O) groups is 4. The molecule has 8 nitrogen and oxygen atoms in total. The highest BCUT2D eigenvalue weighted by molar-refractivity contribution is 5.97. The number of esters is 1. The predicted molar refractivity (Wildman–Crippen MR) is 116 cm³/mol. The van der Waals surface area contributed by atoms with Crippen LogP contribution in [0.4, 0.5) is 11.4 Å². The van der Waals surface area contributed by atoms with E-state index >= 15 is 0 Å². The van der Waals surface area contributed by atoms with Gasteiger partial charge in [-0.15, -0.1) is 0 Å². The molecule has 31 heavy (non-hydrogen) atoms. The molecule has 0 saturated carbocycles. The lowest BCUT2D eigenvalue weighted by Gasteiger charge is -2.15. The van der Waals surface area contributed by atoms with E-state index in [9.17, 15) is 19.2 Å². The predicted octanol–water partition coefficient (Wildman–Crippen LogP) is 2.34. The lowest BCUT2D eigenvalue weighted by Crippen LogP contribution is -2.35. The highest BCUT2D eigenvalue weighted by Crippen LogP contribution is 2.22. The summed E-state index contributed by atoms with van der Waals surface area (Å²) in [6, 6.07) is 12.0. The summed E-state index contributed by atoms with van der Waals surface area (Å²) >= 11 is 0. The van der Waals surface area contributed by atoms with E-state index in [4.69, 9.17) is 4.74 Å². The van der Waals surface area contributed by atoms with Crippen molar-refractivity contribution < 1.29 is 23.9 Å². The molecule has 3 amide bonds. The molecule has 2 aromatic carbocycles. The highest BCUT2D eigenvalue weighted by Gasteiger charge is 2.22. The first-order chi connectivity index (χ1) is 14.8. The van der Waals surface area contributed by atoms with E-state index in [0.717, 1.165) is 23.2 Å². The second kappa shape index (κ2) is 9.88. The van der Waals surface area contributed by atoms with E-state index in [-0.39, 0.29) is 23.9 Å². The standard InChI is InChI=1S/C23H25N3O5/c1-15-5-3-6-19(16(15)2)25-20(27)13-24-21(28)14-31-23(30)17-8-10-18(11-9-17)26-12-4-7-22(26)29/h3,5-6,8-11H,4,7,12-14H2,1-2H3,(H,24,28)(H,25,27). The zero-order valence-electron chi connectivity index (χ0n) is 17.6. The van der Waals surface area contributed by atoms with E-state index in [1.165, 1.54) is 0 Å². The van der Waals surface area contributed by atoms with E-state index in [0.29, 0.717) is 18.7 Å². The Balaban J connectivity index is 1.42. The SMILES string of the molecule is Cc1cccc(NC(=O)CNC(=O)COC(=O)c2ccc(N3CCCC3=O)cc2)c1C. The molecule has 0 bridgehead atoms. The monoisotopic (exact) mass is 423 g/mol. The Morgan fingerprint density at radius 1 is 1.03 bits per heavy atom. The fourth-order valence-electron chi connectivity index (χ4n) is 3.22. The molecular weight excluding hydrogens is 398 g/mol. The van der Waals surface area contributed by atoms with Crippen molar-refractivity contribution in [3.05, 3.63) is 59.2 Å². The summed E-state index contributed by atoms with van der Waals surface area (Å²) in [7, 11) is 0. The van der Waals surface area contributed by atoms with Crippen molar-refractivity contribution in [3.63, 3.8) is 0 Å². The van der Waals surface area contributed by atoms with Crippen LogP contribution in [0.1, 0.15) is 34.3 Å². The van der Waals surface area contributed by atoms with E-state index < -0.39 is 18.5 Å². The number of anilines is 2. The van der Waals surface area contributed by atoms with Crippen molar-refractivity contribution >= 4 is 35.1 Å². The smallest absolute Gasteiger partial charge is 0.338 e. The van der Waals surface area contributed by atoms with Crippen molar-refractivity contribution in [2.75, 3.05) is 29.9 Å². The Bertz CT molecular complexity index is 1000. The molecule has 1 aliphatic rings. The molecule has 0 spiro atoms. The van der Waals surface area contributed by atoms with Crippen LogP contribution in [0, 0.1) is 13.8 Å². The minimum atomic E-state index is -0.658. The molecule has 3 rings (SSSR count). The fourth-order valence-corrected chi connectivity index (χ4v) is 3.22. The van der Waals surface area contributed by atoms with Crippen molar-refractivity contribution in [3.8, 4) is 0 Å². The summed E-state index contributed by atoms with van der Waals surface area (Å²) in [6.45, 7) is 3.78. The van der Waals surface area contributed by atoms with Crippen LogP contribution in [0.3, 0.4) is 0 Å². The minimum Gasteiger partial charge on any atom is -0.452 e. The Kier molecular flexibility index (Phi) is 7.02. The average Bonchev–Trinajstić information content (AvgIpc) is 3.19. The van der Waals surface area contributed by atoms with Crippen LogP contribution in [-0.2, 0) is 19.1 Å². The van der Waals surface area contributed by atoms with Gasteiger partial charge >= 0.3 is 5.97 Å². The first-order valence-electron chi connectivity index (χ1n) is 10.1. The van der Waals surface area contributed by atoms with Crippen molar-refractivity contribution in [1.29, 1.82) is 0 Å². The Morgan fingerprint density at radius 2 is 1.77 bits per heavy atom. The molecule has 1 saturated heterocycles. The lowest BCUT2D eigenvalue weighted by atomic mass is 10.1. The van der Waals surface area contributed by atoms with Crippen LogP contribution in [-0.4, -0.2) is 43.4 Å². The number of hydrogen-bond donors (Lipinski definition) is 2. The van der Waals surface area contributed by atoms with Gasteiger partial charge in [-0.25, -0.2) is 4.79 Å². The molecule has 0 aromatic heterocycles. The van der Waals surface area contributed by atoms with Crippen LogP contribution in [0.25, 0.3) is 0 Å². The van der Waals surface area contributed by atoms with Crippen LogP contribution in [0.2, 0.25) is 0 Å². The molecule has 0 radical (unpaired) electrons. The summed E-state index contributed by atoms with van der Waals surface area (Å²) in [5, 5.41) is 5.16. The fraction of sp³-hybridized carbons (Fsp3) is 0.304. The van der Waals surface area contributed by atoms with Gasteiger partial charge in [0.2, 0.25) is 11.8 Å². The lowest BCUT2D eigenvalue weighted by molar-refractivity contribution is -0.126. The molecule has 0 aliphatic carbocycles. The largest absolute Gasteiger partial charge is 0.452 e. The van der Waals surface area contributed by atoms with Gasteiger partial charge in [0.25, 0.3) is 5.91 Å². The van der Waals surface area contributed by atoms with Gasteiger partial charge in [-0.05, 0) is 61.7 Å². The summed E-state index contributed by atoms with van der Waals surface area (Å²) in [6.07, 6.45) is 1.35. The normalized spacial score (nSPS) is 13.1. The van der Waals surface area contributed by atoms with Gasteiger partial charge in [-0.3, -0.25) is 14.4 Å². The molecule has 162 valence electrons. The Labute approximate surface area is 180 Å². The number of rotatable bonds is 7. The minimum absolute atomic E-state index is 0.0635. The van der Waals surface area contributed by atoms with E-state index in [2.05, 4.69) is 10.6 Å². The number of ether oxygens (including phenoxy) is 1. The molecule has 2 N–H and O–H groups in total. The van der Waals surface area contributed by atoms with E-state index in [1.54, 1.807) is 35.2 Å². The third kappa shape index (κ3) is 5.69. The molecule has 1 heterocycles. The summed E-state index contributed by atoms with van der Waals surface area (Å²) in [4.78, 5) is 49.5. The Morgan fingerprint density at radius 3 is 2.45 bits per heavy atom. The second-order valence-corrected chi connectivity index (χ2v) is 7.34. The maximum absolute atomic E-state index is 12.1. The molecule has 0 atom stereocenters. The zero-order chi connectivity index (χ0) is 22.4. The van der Waals surface area contributed by atoms with Gasteiger partial charge in [-0.2, -0.15) is 0 Å². The summed E-state index contributed by atoms with van der Waals surface area (Å²) < 4.78 is 5.00. The Hall–Kier alpha value is -3.68. The second-order valence-electron chi connectivity index (χ2n) is 7.34. The number of nitrogens with one attached hydrogen (secondary N) is 2. The third-order valence-electron chi connectivity index (χ3n) is 5.15. The first-order valence-corrected chi connectivity index (χ1v) is 10.1. The zero-order valence-corrected chi connectivity index (χ0v) is 17.6. The maximum atomic E-state index is 12.1. The van der Waals surface area contributed by atoms with Gasteiger partial charge in [0.15, 0.2) is 6.61 Å².